The molecule has 0 unspecified atom stereocenters. The number of rotatable bonds is 6. The number of benzene rings is 1. The Bertz CT molecular complexity index is 1290. The highest BCUT2D eigenvalue weighted by Crippen LogP contribution is 2.31. The third-order valence-corrected chi connectivity index (χ3v) is 8.52. The summed E-state index contributed by atoms with van der Waals surface area (Å²) < 4.78 is 0. The second-order valence-corrected chi connectivity index (χ2v) is 10.8. The number of aromatic nitrogens is 3. The Morgan fingerprint density at radius 1 is 1.18 bits per heavy atom. The molecule has 1 atom stereocenters. The monoisotopic (exact) mass is 497 g/mol. The number of anilines is 1. The normalized spacial score (nSPS) is 15.2. The number of carbonyl (C=O) groups is 1. The van der Waals surface area contributed by atoms with Crippen LogP contribution in [-0.2, 0) is 10.5 Å². The van der Waals surface area contributed by atoms with Gasteiger partial charge in [0.25, 0.3) is 5.56 Å². The van der Waals surface area contributed by atoms with Crippen molar-refractivity contribution in [2.24, 2.45) is 0 Å². The van der Waals surface area contributed by atoms with Gasteiger partial charge >= 0.3 is 0 Å². The second kappa shape index (κ2) is 9.66. The van der Waals surface area contributed by atoms with E-state index < -0.39 is 0 Å². The Morgan fingerprint density at radius 2 is 1.97 bits per heavy atom. The van der Waals surface area contributed by atoms with Gasteiger partial charge in [0.15, 0.2) is 5.13 Å². The predicted octanol–water partition coefficient (Wildman–Crippen LogP) is 4.08. The molecule has 1 fully saturated rings. The van der Waals surface area contributed by atoms with E-state index in [-0.39, 0.29) is 16.7 Å². The molecule has 10 heteroatoms. The number of fused-ring (bicyclic) bond motifs is 1. The van der Waals surface area contributed by atoms with Gasteiger partial charge in [-0.15, -0.1) is 34.4 Å². The van der Waals surface area contributed by atoms with E-state index in [1.54, 1.807) is 11.3 Å². The first-order chi connectivity index (χ1) is 16.1. The molecule has 170 valence electrons. The van der Waals surface area contributed by atoms with Crippen LogP contribution < -0.4 is 10.5 Å². The summed E-state index contributed by atoms with van der Waals surface area (Å²) in [4.78, 5) is 42.6. The molecule has 1 N–H and O–H groups in total. The molecule has 0 aliphatic carbocycles. The predicted molar refractivity (Wildman–Crippen MR) is 137 cm³/mol. The van der Waals surface area contributed by atoms with Gasteiger partial charge in [0.1, 0.15) is 10.7 Å². The molecule has 4 heterocycles. The van der Waals surface area contributed by atoms with Crippen molar-refractivity contribution in [2.75, 3.05) is 31.1 Å². The number of amides is 1. The first-order valence-corrected chi connectivity index (χ1v) is 13.5. The molecule has 5 rings (SSSR count). The fourth-order valence-corrected chi connectivity index (χ4v) is 6.41. The van der Waals surface area contributed by atoms with E-state index in [9.17, 15) is 9.59 Å². The SMILES string of the molecule is C[C@@H](SCc1nc2scc(-c3ccccc3)c2c(=O)[nH]1)C(=O)N1CCN(c2nccs2)CC1. The third kappa shape index (κ3) is 4.68. The minimum Gasteiger partial charge on any atom is -0.345 e. The van der Waals surface area contributed by atoms with Gasteiger partial charge in [-0.2, -0.15) is 0 Å². The number of thioether (sulfide) groups is 1. The van der Waals surface area contributed by atoms with Crippen LogP contribution in [0.4, 0.5) is 5.13 Å². The van der Waals surface area contributed by atoms with E-state index in [1.165, 1.54) is 23.1 Å². The zero-order valence-electron chi connectivity index (χ0n) is 18.1. The Hall–Kier alpha value is -2.69. The van der Waals surface area contributed by atoms with Gasteiger partial charge in [-0.05, 0) is 12.5 Å². The van der Waals surface area contributed by atoms with Gasteiger partial charge < -0.3 is 14.8 Å². The lowest BCUT2D eigenvalue weighted by Gasteiger charge is -2.35. The first kappa shape index (κ1) is 22.1. The fourth-order valence-electron chi connectivity index (χ4n) is 3.91. The minimum atomic E-state index is -0.208. The Morgan fingerprint density at radius 3 is 2.70 bits per heavy atom. The molecule has 1 aliphatic rings. The van der Waals surface area contributed by atoms with Gasteiger partial charge in [-0.1, -0.05) is 30.3 Å². The molecule has 4 aromatic rings. The summed E-state index contributed by atoms with van der Waals surface area (Å²) in [6.07, 6.45) is 1.81. The number of piperazine rings is 1. The maximum absolute atomic E-state index is 12.9. The van der Waals surface area contributed by atoms with Gasteiger partial charge in [0.05, 0.1) is 16.4 Å². The molecule has 1 amide bonds. The van der Waals surface area contributed by atoms with Crippen LogP contribution >= 0.6 is 34.4 Å². The molecular formula is C23H23N5O2S3. The fraction of sp³-hybridized carbons (Fsp3) is 0.304. The van der Waals surface area contributed by atoms with Crippen molar-refractivity contribution in [3.63, 3.8) is 0 Å². The van der Waals surface area contributed by atoms with Crippen molar-refractivity contribution in [1.29, 1.82) is 0 Å². The highest BCUT2D eigenvalue weighted by atomic mass is 32.2. The van der Waals surface area contributed by atoms with E-state index in [4.69, 9.17) is 0 Å². The van der Waals surface area contributed by atoms with Crippen LogP contribution in [0, 0.1) is 0 Å². The highest BCUT2D eigenvalue weighted by Gasteiger charge is 2.26. The molecule has 0 radical (unpaired) electrons. The number of H-pyrrole nitrogens is 1. The van der Waals surface area contributed by atoms with E-state index in [2.05, 4.69) is 19.9 Å². The maximum atomic E-state index is 12.9. The number of aromatic amines is 1. The molecule has 0 bridgehead atoms. The van der Waals surface area contributed by atoms with Crippen LogP contribution in [0.25, 0.3) is 21.3 Å². The van der Waals surface area contributed by atoms with Crippen LogP contribution in [0.5, 0.6) is 0 Å². The van der Waals surface area contributed by atoms with E-state index in [1.807, 2.05) is 59.1 Å². The Kier molecular flexibility index (Phi) is 6.48. The van der Waals surface area contributed by atoms with Crippen LogP contribution in [-0.4, -0.2) is 57.2 Å². The van der Waals surface area contributed by atoms with Crippen molar-refractivity contribution in [1.82, 2.24) is 19.9 Å². The number of thiazole rings is 1. The van der Waals surface area contributed by atoms with Gasteiger partial charge in [0.2, 0.25) is 5.91 Å². The summed E-state index contributed by atoms with van der Waals surface area (Å²) in [5.74, 6) is 1.22. The number of nitrogens with one attached hydrogen (secondary N) is 1. The smallest absolute Gasteiger partial charge is 0.260 e. The van der Waals surface area contributed by atoms with Crippen LogP contribution in [0.15, 0.2) is 52.1 Å². The molecule has 7 nitrogen and oxygen atoms in total. The summed E-state index contributed by atoms with van der Waals surface area (Å²) in [5, 5.41) is 5.39. The molecule has 3 aromatic heterocycles. The van der Waals surface area contributed by atoms with E-state index in [0.29, 0.717) is 30.1 Å². The Labute approximate surface area is 203 Å². The number of nitrogens with zero attached hydrogens (tertiary/aromatic N) is 4. The highest BCUT2D eigenvalue weighted by molar-refractivity contribution is 7.99. The van der Waals surface area contributed by atoms with Crippen LogP contribution in [0.1, 0.15) is 12.7 Å². The van der Waals surface area contributed by atoms with E-state index in [0.717, 1.165) is 34.2 Å². The first-order valence-electron chi connectivity index (χ1n) is 10.7. The number of thiophene rings is 1. The average Bonchev–Trinajstić information content (AvgIpc) is 3.53. The maximum Gasteiger partial charge on any atom is 0.260 e. The molecule has 33 heavy (non-hydrogen) atoms. The lowest BCUT2D eigenvalue weighted by Crippen LogP contribution is -2.50. The molecule has 1 saturated heterocycles. The molecule has 1 aliphatic heterocycles. The van der Waals surface area contributed by atoms with Crippen molar-refractivity contribution >= 4 is 55.7 Å². The van der Waals surface area contributed by atoms with Crippen molar-refractivity contribution in [3.05, 3.63) is 63.5 Å². The summed E-state index contributed by atoms with van der Waals surface area (Å²) in [5.41, 5.74) is 1.78. The summed E-state index contributed by atoms with van der Waals surface area (Å²) in [6, 6.07) is 9.87. The number of hydrogen-bond acceptors (Lipinski definition) is 8. The topological polar surface area (TPSA) is 82.2 Å². The molecule has 0 saturated carbocycles. The summed E-state index contributed by atoms with van der Waals surface area (Å²) in [6.45, 7) is 4.91. The summed E-state index contributed by atoms with van der Waals surface area (Å²) >= 11 is 4.61. The van der Waals surface area contributed by atoms with Crippen molar-refractivity contribution in [3.8, 4) is 11.1 Å². The zero-order valence-corrected chi connectivity index (χ0v) is 20.5. The molecular weight excluding hydrogens is 474 g/mol. The average molecular weight is 498 g/mol. The number of hydrogen-bond donors (Lipinski definition) is 1. The van der Waals surface area contributed by atoms with Crippen LogP contribution in [0.2, 0.25) is 0 Å². The molecule has 0 spiro atoms. The van der Waals surface area contributed by atoms with Gasteiger partial charge in [-0.25, -0.2) is 9.97 Å². The third-order valence-electron chi connectivity index (χ3n) is 5.68. The lowest BCUT2D eigenvalue weighted by molar-refractivity contribution is -0.130. The zero-order chi connectivity index (χ0) is 22.8. The number of carbonyl (C=O) groups excluding carboxylic acids is 1. The Balaban J connectivity index is 1.22. The van der Waals surface area contributed by atoms with Crippen molar-refractivity contribution < 1.29 is 4.79 Å². The van der Waals surface area contributed by atoms with E-state index >= 15 is 0 Å². The quantitative estimate of drug-likeness (QED) is 0.432. The second-order valence-electron chi connectivity index (χ2n) is 7.79. The largest absolute Gasteiger partial charge is 0.345 e. The van der Waals surface area contributed by atoms with Gasteiger partial charge in [-0.3, -0.25) is 9.59 Å². The van der Waals surface area contributed by atoms with Crippen molar-refractivity contribution in [2.45, 2.75) is 17.9 Å². The van der Waals surface area contributed by atoms with Crippen LogP contribution in [0.3, 0.4) is 0 Å². The lowest BCUT2D eigenvalue weighted by atomic mass is 10.1. The standard InChI is InChI=1S/C23H23N5O2S3/c1-15(22(30)27-8-10-28(11-9-27)23-24-7-12-31-23)32-14-18-25-20(29)19-17(13-33-21(19)26-18)16-5-3-2-4-6-16/h2-7,12-13,15H,8-11,14H2,1H3,(H,25,26,29)/t15-/m1/s1. The molecule has 1 aromatic carbocycles. The van der Waals surface area contributed by atoms with Gasteiger partial charge in [0, 0.05) is 48.7 Å². The minimum absolute atomic E-state index is 0.129. The summed E-state index contributed by atoms with van der Waals surface area (Å²) in [7, 11) is 0.